The van der Waals surface area contributed by atoms with Crippen molar-refractivity contribution in [3.8, 4) is 0 Å². The van der Waals surface area contributed by atoms with Gasteiger partial charge in [-0.1, -0.05) is 13.8 Å². The first-order valence-electron chi connectivity index (χ1n) is 5.57. The van der Waals surface area contributed by atoms with Gasteiger partial charge in [0.2, 0.25) is 5.91 Å². The third-order valence-corrected chi connectivity index (χ3v) is 1.85. The fourth-order valence-electron chi connectivity index (χ4n) is 1.27. The second kappa shape index (κ2) is 9.52. The molecule has 1 atom stereocenters. The van der Waals surface area contributed by atoms with Crippen LogP contribution in [0.4, 0.5) is 0 Å². The number of esters is 1. The van der Waals surface area contributed by atoms with Crippen LogP contribution < -0.4 is 11.1 Å². The van der Waals surface area contributed by atoms with Gasteiger partial charge in [0, 0.05) is 12.5 Å². The van der Waals surface area contributed by atoms with Gasteiger partial charge in [-0.2, -0.15) is 0 Å². The molecule has 0 spiro atoms. The van der Waals surface area contributed by atoms with Gasteiger partial charge < -0.3 is 15.8 Å². The molecule has 0 unspecified atom stereocenters. The van der Waals surface area contributed by atoms with Gasteiger partial charge in [-0.25, -0.2) is 0 Å². The molecule has 96 valence electrons. The molecule has 0 aliphatic carbocycles. The molecular weight excluding hydrogens is 215 g/mol. The summed E-state index contributed by atoms with van der Waals surface area (Å²) in [5, 5.41) is 3.06. The summed E-state index contributed by atoms with van der Waals surface area (Å²) in [7, 11) is 0. The van der Waals surface area contributed by atoms with E-state index in [0.29, 0.717) is 6.42 Å². The first-order valence-corrected chi connectivity index (χ1v) is 5.57. The first-order chi connectivity index (χ1) is 7.32. The van der Waals surface area contributed by atoms with E-state index in [1.807, 2.05) is 13.8 Å². The van der Waals surface area contributed by atoms with E-state index in [-0.39, 0.29) is 43.4 Å². The van der Waals surface area contributed by atoms with Gasteiger partial charge in [0.1, 0.15) is 6.04 Å². The Hall–Kier alpha value is -0.503. The van der Waals surface area contributed by atoms with Crippen LogP contribution in [0.1, 0.15) is 40.5 Å². The zero-order valence-corrected chi connectivity index (χ0v) is 10.4. The van der Waals surface area contributed by atoms with Crippen molar-refractivity contribution in [1.82, 2.24) is 5.32 Å². The molecule has 3 N–H and O–H groups in total. The number of primary amides is 1. The number of amides is 1. The quantitative estimate of drug-likeness (QED) is 0.480. The summed E-state index contributed by atoms with van der Waals surface area (Å²) in [6, 6.07) is -0.313. The van der Waals surface area contributed by atoms with Crippen LogP contribution in [0.3, 0.4) is 0 Å². The Morgan fingerprint density at radius 1 is 1.24 bits per heavy atom. The number of nitrogens with two attached hydrogens (primary N) is 1. The van der Waals surface area contributed by atoms with E-state index < -0.39 is 11.9 Å². The molecule has 0 saturated carbocycles. The Balaban J connectivity index is 0. The third-order valence-electron chi connectivity index (χ3n) is 1.85. The first kappa shape index (κ1) is 18.9. The third kappa shape index (κ3) is 10.4. The fraction of sp³-hybridized carbons (Fsp3) is 0.818. The molecule has 0 aliphatic rings. The van der Waals surface area contributed by atoms with E-state index in [2.05, 4.69) is 5.32 Å². The summed E-state index contributed by atoms with van der Waals surface area (Å²) in [5.74, 6) is -0.738. The van der Waals surface area contributed by atoms with Gasteiger partial charge >= 0.3 is 24.8 Å². The van der Waals surface area contributed by atoms with Gasteiger partial charge in [-0.3, -0.25) is 9.59 Å². The van der Waals surface area contributed by atoms with Crippen molar-refractivity contribution in [2.24, 2.45) is 5.73 Å². The second-order valence-corrected chi connectivity index (χ2v) is 4.36. The molecule has 0 aromatic rings. The zero-order chi connectivity index (χ0) is 12.7. The van der Waals surface area contributed by atoms with E-state index in [0.717, 1.165) is 0 Å². The summed E-state index contributed by atoms with van der Waals surface area (Å²) in [6.07, 6.45) is 0.397. The number of carbonyl (C=O) groups is 2. The molecule has 0 rings (SSSR count). The topological polar surface area (TPSA) is 81.4 Å². The molecule has 0 radical (unpaired) electrons. The van der Waals surface area contributed by atoms with Crippen LogP contribution in [0.2, 0.25) is 0 Å². The van der Waals surface area contributed by atoms with Crippen LogP contribution in [0.25, 0.3) is 0 Å². The molecule has 0 fully saturated rings. The zero-order valence-electron chi connectivity index (χ0n) is 10.4. The van der Waals surface area contributed by atoms with Crippen LogP contribution in [0.15, 0.2) is 0 Å². The number of rotatable bonds is 7. The van der Waals surface area contributed by atoms with Crippen LogP contribution in [-0.2, 0) is 14.3 Å². The van der Waals surface area contributed by atoms with E-state index in [9.17, 15) is 9.59 Å². The molecular formula is C11H23LiN2O3. The van der Waals surface area contributed by atoms with Gasteiger partial charge in [-0.05, 0) is 20.3 Å². The van der Waals surface area contributed by atoms with Crippen molar-refractivity contribution in [1.29, 1.82) is 0 Å². The predicted molar refractivity (Wildman–Crippen MR) is 68.9 cm³/mol. The van der Waals surface area contributed by atoms with Crippen molar-refractivity contribution in [2.75, 3.05) is 0 Å². The minimum absolute atomic E-state index is 0. The summed E-state index contributed by atoms with van der Waals surface area (Å²) >= 11 is 0. The van der Waals surface area contributed by atoms with Crippen molar-refractivity contribution >= 4 is 30.7 Å². The molecule has 0 aliphatic heterocycles. The van der Waals surface area contributed by atoms with E-state index >= 15 is 0 Å². The molecule has 0 bridgehead atoms. The van der Waals surface area contributed by atoms with E-state index in [1.54, 1.807) is 13.8 Å². The van der Waals surface area contributed by atoms with Gasteiger partial charge in [0.05, 0.1) is 6.10 Å². The van der Waals surface area contributed by atoms with Crippen LogP contribution in [0, 0.1) is 0 Å². The SMILES string of the molecule is CC(C)N[C@@H](CCC(N)=O)C(=O)OC(C)C.[LiH]. The Kier molecular flexibility index (Phi) is 10.6. The van der Waals surface area contributed by atoms with Crippen molar-refractivity contribution in [3.05, 3.63) is 0 Å². The number of hydrogen-bond acceptors (Lipinski definition) is 4. The summed E-state index contributed by atoms with van der Waals surface area (Å²) in [4.78, 5) is 22.3. The summed E-state index contributed by atoms with van der Waals surface area (Å²) in [5.41, 5.74) is 5.05. The van der Waals surface area contributed by atoms with Crippen LogP contribution >= 0.6 is 0 Å². The number of carbonyl (C=O) groups excluding carboxylic acids is 2. The predicted octanol–water partition coefficient (Wildman–Crippen LogP) is -0.0784. The molecule has 0 saturated heterocycles. The molecule has 0 aromatic carbocycles. The molecule has 0 aromatic heterocycles. The molecule has 6 heteroatoms. The van der Waals surface area contributed by atoms with Crippen LogP contribution in [-0.4, -0.2) is 48.9 Å². The van der Waals surface area contributed by atoms with Crippen molar-refractivity contribution in [2.45, 2.75) is 58.7 Å². The normalized spacial score (nSPS) is 12.1. The second-order valence-electron chi connectivity index (χ2n) is 4.36. The molecule has 17 heavy (non-hydrogen) atoms. The fourth-order valence-corrected chi connectivity index (χ4v) is 1.27. The Labute approximate surface area is 115 Å². The van der Waals surface area contributed by atoms with Gasteiger partial charge in [0.15, 0.2) is 0 Å². The minimum atomic E-state index is -0.463. The maximum absolute atomic E-state index is 11.7. The average Bonchev–Trinajstić information content (AvgIpc) is 2.09. The van der Waals surface area contributed by atoms with Gasteiger partial charge in [-0.15, -0.1) is 0 Å². The molecule has 1 amide bonds. The summed E-state index contributed by atoms with van der Waals surface area (Å²) in [6.45, 7) is 7.44. The Bertz CT molecular complexity index is 245. The number of nitrogens with one attached hydrogen (secondary N) is 1. The van der Waals surface area contributed by atoms with Crippen molar-refractivity contribution < 1.29 is 14.3 Å². The maximum atomic E-state index is 11.7. The standard InChI is InChI=1S/C11H22N2O3.Li.H/c1-7(2)13-9(5-6-10(12)14)11(15)16-8(3)4;;/h7-9,13H,5-6H2,1-4H3,(H2,12,14);;/t9-;;/m0../s1. The number of ether oxygens (including phenoxy) is 1. The van der Waals surface area contributed by atoms with E-state index in [1.165, 1.54) is 0 Å². The Morgan fingerprint density at radius 3 is 2.12 bits per heavy atom. The number of hydrogen-bond donors (Lipinski definition) is 2. The molecule has 0 heterocycles. The molecule has 5 nitrogen and oxygen atoms in total. The monoisotopic (exact) mass is 238 g/mol. The summed E-state index contributed by atoms with van der Waals surface area (Å²) < 4.78 is 5.09. The Morgan fingerprint density at radius 2 is 1.76 bits per heavy atom. The van der Waals surface area contributed by atoms with Crippen molar-refractivity contribution in [3.63, 3.8) is 0 Å². The van der Waals surface area contributed by atoms with Crippen LogP contribution in [0.5, 0.6) is 0 Å². The van der Waals surface area contributed by atoms with E-state index in [4.69, 9.17) is 10.5 Å². The average molecular weight is 238 g/mol. The van der Waals surface area contributed by atoms with Gasteiger partial charge in [0.25, 0.3) is 0 Å².